The van der Waals surface area contributed by atoms with Gasteiger partial charge in [-0.25, -0.2) is 4.68 Å². The van der Waals surface area contributed by atoms with E-state index < -0.39 is 0 Å². The van der Waals surface area contributed by atoms with Gasteiger partial charge in [-0.3, -0.25) is 4.79 Å². The number of aryl methyl sites for hydroxylation is 2. The molecule has 0 atom stereocenters. The maximum atomic E-state index is 12.5. The number of fused-ring (bicyclic) bond motifs is 1. The van der Waals surface area contributed by atoms with E-state index in [1.54, 1.807) is 0 Å². The Hall–Kier alpha value is -2.05. The topological polar surface area (TPSA) is 46.9 Å². The second kappa shape index (κ2) is 6.11. The Morgan fingerprint density at radius 1 is 1.21 bits per heavy atom. The molecule has 0 unspecified atom stereocenters. The Bertz CT molecular complexity index is 913. The van der Waals surface area contributed by atoms with Gasteiger partial charge in [0.05, 0.1) is 16.3 Å². The van der Waals surface area contributed by atoms with Crippen LogP contribution in [0.2, 0.25) is 0 Å². The molecular weight excluding hydrogens is 338 g/mol. The molecule has 1 aliphatic rings. The van der Waals surface area contributed by atoms with Crippen molar-refractivity contribution < 1.29 is 4.79 Å². The largest absolute Gasteiger partial charge is 0.305 e. The number of amides is 1. The number of nitrogens with one attached hydrogen (secondary N) is 1. The Morgan fingerprint density at radius 3 is 2.83 bits per heavy atom. The zero-order valence-corrected chi connectivity index (χ0v) is 15.1. The van der Waals surface area contributed by atoms with Gasteiger partial charge in [0.15, 0.2) is 0 Å². The first-order valence-corrected chi connectivity index (χ1v) is 9.78. The van der Waals surface area contributed by atoms with Gasteiger partial charge in [-0.2, -0.15) is 16.9 Å². The molecule has 0 bridgehead atoms. The highest BCUT2D eigenvalue weighted by molar-refractivity contribution is 7.98. The lowest BCUT2D eigenvalue weighted by Gasteiger charge is -2.12. The highest BCUT2D eigenvalue weighted by Crippen LogP contribution is 2.36. The lowest BCUT2D eigenvalue weighted by atomic mass is 10.1. The minimum atomic E-state index is -0.0744. The van der Waals surface area contributed by atoms with Crippen LogP contribution >= 0.6 is 23.1 Å². The van der Waals surface area contributed by atoms with Gasteiger partial charge in [0, 0.05) is 17.1 Å². The van der Waals surface area contributed by atoms with Gasteiger partial charge in [-0.15, -0.1) is 11.3 Å². The molecule has 24 heavy (non-hydrogen) atoms. The number of hydrogen-bond acceptors (Lipinski definition) is 4. The lowest BCUT2D eigenvalue weighted by Crippen LogP contribution is -2.15. The van der Waals surface area contributed by atoms with Crippen LogP contribution in [0.4, 0.5) is 5.82 Å². The molecule has 0 aliphatic carbocycles. The number of thioether (sulfide) groups is 1. The second-order valence-electron chi connectivity index (χ2n) is 5.88. The molecule has 0 radical (unpaired) electrons. The van der Waals surface area contributed by atoms with E-state index in [2.05, 4.69) is 37.4 Å². The number of hydrogen-bond donors (Lipinski definition) is 1. The van der Waals surface area contributed by atoms with E-state index in [4.69, 9.17) is 5.10 Å². The van der Waals surface area contributed by atoms with Crippen molar-refractivity contribution in [1.82, 2.24) is 9.78 Å². The third kappa shape index (κ3) is 2.65. The summed E-state index contributed by atoms with van der Waals surface area (Å²) < 4.78 is 1.88. The number of anilines is 1. The molecular formula is C18H17N3OS2. The zero-order valence-electron chi connectivity index (χ0n) is 13.5. The van der Waals surface area contributed by atoms with E-state index in [0.29, 0.717) is 4.88 Å². The summed E-state index contributed by atoms with van der Waals surface area (Å²) in [5.74, 6) is 2.52. The predicted molar refractivity (Wildman–Crippen MR) is 100 cm³/mol. The molecule has 0 fully saturated rings. The Labute approximate surface area is 148 Å². The van der Waals surface area contributed by atoms with Gasteiger partial charge in [0.1, 0.15) is 5.82 Å². The van der Waals surface area contributed by atoms with Crippen molar-refractivity contribution in [2.24, 2.45) is 0 Å². The average Bonchev–Trinajstić information content (AvgIpc) is 3.28. The quantitative estimate of drug-likeness (QED) is 0.750. The SMILES string of the molecule is Cc1ccc(-n2nc3c(c2NC(=O)c2cccs2)CSC3)cc1C. The van der Waals surface area contributed by atoms with E-state index in [-0.39, 0.29) is 5.91 Å². The summed E-state index contributed by atoms with van der Waals surface area (Å²) >= 11 is 3.28. The van der Waals surface area contributed by atoms with Gasteiger partial charge < -0.3 is 5.32 Å². The molecule has 4 nitrogen and oxygen atoms in total. The van der Waals surface area contributed by atoms with Crippen molar-refractivity contribution in [1.29, 1.82) is 0 Å². The van der Waals surface area contributed by atoms with Gasteiger partial charge in [0.2, 0.25) is 0 Å². The third-order valence-corrected chi connectivity index (χ3v) is 6.10. The molecule has 6 heteroatoms. The molecule has 3 heterocycles. The second-order valence-corrected chi connectivity index (χ2v) is 7.81. The van der Waals surface area contributed by atoms with Gasteiger partial charge in [-0.1, -0.05) is 12.1 Å². The minimum absolute atomic E-state index is 0.0744. The van der Waals surface area contributed by atoms with Crippen LogP contribution in [0, 0.1) is 13.8 Å². The van der Waals surface area contributed by atoms with Crippen molar-refractivity contribution in [2.75, 3.05) is 5.32 Å². The van der Waals surface area contributed by atoms with Crippen molar-refractivity contribution in [2.45, 2.75) is 25.4 Å². The fourth-order valence-corrected chi connectivity index (χ4v) is 4.42. The van der Waals surface area contributed by atoms with E-state index in [1.807, 2.05) is 34.0 Å². The summed E-state index contributed by atoms with van der Waals surface area (Å²) in [4.78, 5) is 13.2. The maximum Gasteiger partial charge on any atom is 0.266 e. The number of rotatable bonds is 3. The monoisotopic (exact) mass is 355 g/mol. The predicted octanol–water partition coefficient (Wildman–Crippen LogP) is 4.55. The van der Waals surface area contributed by atoms with Crippen LogP contribution in [-0.4, -0.2) is 15.7 Å². The summed E-state index contributed by atoms with van der Waals surface area (Å²) in [5.41, 5.74) is 5.66. The van der Waals surface area contributed by atoms with Crippen molar-refractivity contribution >= 4 is 34.8 Å². The minimum Gasteiger partial charge on any atom is -0.305 e. The van der Waals surface area contributed by atoms with Crippen LogP contribution < -0.4 is 5.32 Å². The molecule has 122 valence electrons. The van der Waals surface area contributed by atoms with Crippen molar-refractivity contribution in [3.8, 4) is 5.69 Å². The molecule has 1 amide bonds. The van der Waals surface area contributed by atoms with Gasteiger partial charge in [-0.05, 0) is 48.6 Å². The highest BCUT2D eigenvalue weighted by Gasteiger charge is 2.25. The van der Waals surface area contributed by atoms with Crippen molar-refractivity contribution in [3.05, 3.63) is 63.0 Å². The molecule has 2 aromatic heterocycles. The first-order chi connectivity index (χ1) is 11.6. The van der Waals surface area contributed by atoms with Crippen molar-refractivity contribution in [3.63, 3.8) is 0 Å². The summed E-state index contributed by atoms with van der Waals surface area (Å²) in [6.45, 7) is 4.19. The maximum absolute atomic E-state index is 12.5. The fourth-order valence-electron chi connectivity index (χ4n) is 2.76. The number of aromatic nitrogens is 2. The molecule has 1 aliphatic heterocycles. The van der Waals surface area contributed by atoms with Gasteiger partial charge >= 0.3 is 0 Å². The Kier molecular flexibility index (Phi) is 3.94. The third-order valence-electron chi connectivity index (χ3n) is 4.26. The Balaban J connectivity index is 1.77. The number of thiophene rings is 1. The van der Waals surface area contributed by atoms with E-state index in [9.17, 15) is 4.79 Å². The van der Waals surface area contributed by atoms with E-state index in [1.165, 1.54) is 22.5 Å². The molecule has 1 N–H and O–H groups in total. The Morgan fingerprint density at radius 2 is 2.08 bits per heavy atom. The number of benzene rings is 1. The number of carbonyl (C=O) groups excluding carboxylic acids is 1. The van der Waals surface area contributed by atoms with E-state index >= 15 is 0 Å². The summed E-state index contributed by atoms with van der Waals surface area (Å²) in [5, 5.41) is 9.75. The smallest absolute Gasteiger partial charge is 0.266 e. The highest BCUT2D eigenvalue weighted by atomic mass is 32.2. The summed E-state index contributed by atoms with van der Waals surface area (Å²) in [6.07, 6.45) is 0. The van der Waals surface area contributed by atoms with Crippen LogP contribution in [0.5, 0.6) is 0 Å². The van der Waals surface area contributed by atoms with Crippen LogP contribution in [0.25, 0.3) is 5.69 Å². The molecule has 0 saturated carbocycles. The van der Waals surface area contributed by atoms with Crippen LogP contribution in [0.15, 0.2) is 35.7 Å². The van der Waals surface area contributed by atoms with Gasteiger partial charge in [0.25, 0.3) is 5.91 Å². The molecule has 4 rings (SSSR count). The zero-order chi connectivity index (χ0) is 16.7. The average molecular weight is 355 g/mol. The molecule has 1 aromatic carbocycles. The first-order valence-electron chi connectivity index (χ1n) is 7.74. The molecule has 3 aromatic rings. The van der Waals surface area contributed by atoms with E-state index in [0.717, 1.165) is 34.3 Å². The molecule has 0 spiro atoms. The van der Waals surface area contributed by atoms with Crippen LogP contribution in [0.3, 0.4) is 0 Å². The van der Waals surface area contributed by atoms with Crippen LogP contribution in [-0.2, 0) is 11.5 Å². The summed E-state index contributed by atoms with van der Waals surface area (Å²) in [7, 11) is 0. The normalized spacial score (nSPS) is 13.1. The van der Waals surface area contributed by atoms with Crippen LogP contribution in [0.1, 0.15) is 32.1 Å². The number of nitrogens with zero attached hydrogens (tertiary/aromatic N) is 2. The number of carbonyl (C=O) groups is 1. The molecule has 0 saturated heterocycles. The standard InChI is InChI=1S/C18H17N3OS2/c1-11-5-6-13(8-12(11)2)21-17(14-9-23-10-15(14)20-21)19-18(22)16-4-3-7-24-16/h3-8H,9-10H2,1-2H3,(H,19,22). The lowest BCUT2D eigenvalue weighted by molar-refractivity contribution is 0.102. The first kappa shape index (κ1) is 15.5. The summed E-state index contributed by atoms with van der Waals surface area (Å²) in [6, 6.07) is 9.99. The fraction of sp³-hybridized carbons (Fsp3) is 0.222.